The van der Waals surface area contributed by atoms with E-state index in [9.17, 15) is 4.79 Å². The van der Waals surface area contributed by atoms with Crippen LogP contribution in [0, 0.1) is 0 Å². The zero-order valence-corrected chi connectivity index (χ0v) is 19.4. The van der Waals surface area contributed by atoms with E-state index in [-0.39, 0.29) is 11.3 Å². The summed E-state index contributed by atoms with van der Waals surface area (Å²) in [4.78, 5) is 15.9. The summed E-state index contributed by atoms with van der Waals surface area (Å²) >= 11 is 0. The Balaban J connectivity index is 1.49. The number of carbonyl (C=O) groups excluding carboxylic acids is 1. The van der Waals surface area contributed by atoms with E-state index in [1.54, 1.807) is 43.8 Å². The highest BCUT2D eigenvalue weighted by molar-refractivity contribution is 5.94. The molecule has 1 heterocycles. The smallest absolute Gasteiger partial charge is 0.271 e. The van der Waals surface area contributed by atoms with Gasteiger partial charge in [-0.3, -0.25) is 9.78 Å². The summed E-state index contributed by atoms with van der Waals surface area (Å²) in [6, 6.07) is 16.7. The van der Waals surface area contributed by atoms with E-state index in [2.05, 4.69) is 48.4 Å². The van der Waals surface area contributed by atoms with Gasteiger partial charge in [0.25, 0.3) is 5.91 Å². The van der Waals surface area contributed by atoms with Crippen molar-refractivity contribution in [3.8, 4) is 17.2 Å². The van der Waals surface area contributed by atoms with Crippen LogP contribution in [-0.2, 0) is 5.41 Å². The third-order valence-corrected chi connectivity index (χ3v) is 4.84. The molecular formula is C26H29N3O4. The first-order valence-electron chi connectivity index (χ1n) is 10.6. The van der Waals surface area contributed by atoms with Crippen molar-refractivity contribution >= 4 is 12.1 Å². The molecule has 1 N–H and O–H groups in total. The second-order valence-corrected chi connectivity index (χ2v) is 8.32. The Bertz CT molecular complexity index is 1070. The van der Waals surface area contributed by atoms with Gasteiger partial charge in [-0.15, -0.1) is 0 Å². The molecule has 0 aliphatic heterocycles. The first kappa shape index (κ1) is 23.8. The van der Waals surface area contributed by atoms with Gasteiger partial charge in [-0.1, -0.05) is 32.9 Å². The molecule has 0 spiro atoms. The molecule has 172 valence electrons. The molecule has 33 heavy (non-hydrogen) atoms. The fraction of sp³-hybridized carbons (Fsp3) is 0.269. The van der Waals surface area contributed by atoms with Crippen molar-refractivity contribution in [2.24, 2.45) is 5.10 Å². The largest absolute Gasteiger partial charge is 0.493 e. The molecule has 0 aliphatic rings. The first-order chi connectivity index (χ1) is 15.9. The Morgan fingerprint density at radius 2 is 1.67 bits per heavy atom. The van der Waals surface area contributed by atoms with Crippen molar-refractivity contribution in [3.05, 3.63) is 83.7 Å². The van der Waals surface area contributed by atoms with Crippen molar-refractivity contribution in [1.29, 1.82) is 0 Å². The Hall–Kier alpha value is -3.87. The standard InChI is InChI=1S/C26H29N3O4/c1-26(2,3)21-6-8-22(9-7-21)32-15-16-33-23-10-5-19(17-24(23)31-4)18-28-29-25(30)20-11-13-27-14-12-20/h5-14,17-18H,15-16H2,1-4H3,(H,29,30). The molecule has 0 unspecified atom stereocenters. The molecule has 0 fully saturated rings. The van der Waals surface area contributed by atoms with Gasteiger partial charge in [0.05, 0.1) is 13.3 Å². The Morgan fingerprint density at radius 1 is 0.970 bits per heavy atom. The third-order valence-electron chi connectivity index (χ3n) is 4.84. The zero-order valence-electron chi connectivity index (χ0n) is 19.4. The molecule has 0 saturated heterocycles. The van der Waals surface area contributed by atoms with Gasteiger partial charge < -0.3 is 14.2 Å². The van der Waals surface area contributed by atoms with Crippen molar-refractivity contribution in [2.45, 2.75) is 26.2 Å². The topological polar surface area (TPSA) is 82.0 Å². The average Bonchev–Trinajstić information content (AvgIpc) is 2.82. The lowest BCUT2D eigenvalue weighted by atomic mass is 9.87. The third kappa shape index (κ3) is 7.07. The van der Waals surface area contributed by atoms with E-state index in [0.29, 0.717) is 30.3 Å². The number of hydrazone groups is 1. The van der Waals surface area contributed by atoms with Crippen molar-refractivity contribution in [2.75, 3.05) is 20.3 Å². The first-order valence-corrected chi connectivity index (χ1v) is 10.6. The van der Waals surface area contributed by atoms with Crippen LogP contribution < -0.4 is 19.6 Å². The van der Waals surface area contributed by atoms with Gasteiger partial charge in [0.15, 0.2) is 11.5 Å². The van der Waals surface area contributed by atoms with Crippen molar-refractivity contribution in [3.63, 3.8) is 0 Å². The van der Waals surface area contributed by atoms with E-state index in [0.717, 1.165) is 11.3 Å². The lowest BCUT2D eigenvalue weighted by Gasteiger charge is -2.19. The number of nitrogens with zero attached hydrogens (tertiary/aromatic N) is 2. The molecule has 0 aliphatic carbocycles. The quantitative estimate of drug-likeness (QED) is 0.294. The molecule has 0 bridgehead atoms. The number of carbonyl (C=O) groups is 1. The van der Waals surface area contributed by atoms with Crippen LogP contribution in [0.4, 0.5) is 0 Å². The number of methoxy groups -OCH3 is 1. The summed E-state index contributed by atoms with van der Waals surface area (Å²) in [7, 11) is 1.57. The molecule has 2 aromatic carbocycles. The summed E-state index contributed by atoms with van der Waals surface area (Å²) in [5, 5.41) is 3.99. The van der Waals surface area contributed by atoms with Crippen LogP contribution in [0.15, 0.2) is 72.1 Å². The summed E-state index contributed by atoms with van der Waals surface area (Å²) in [5.74, 6) is 1.66. The summed E-state index contributed by atoms with van der Waals surface area (Å²) in [6.07, 6.45) is 4.64. The number of hydrogen-bond acceptors (Lipinski definition) is 6. The van der Waals surface area contributed by atoms with Crippen LogP contribution in [0.25, 0.3) is 0 Å². The number of ether oxygens (including phenoxy) is 3. The second-order valence-electron chi connectivity index (χ2n) is 8.32. The van der Waals surface area contributed by atoms with Gasteiger partial charge in [0.1, 0.15) is 19.0 Å². The Kier molecular flexibility index (Phi) is 8.02. The number of benzene rings is 2. The van der Waals surface area contributed by atoms with Crippen LogP contribution in [0.2, 0.25) is 0 Å². The zero-order chi connectivity index (χ0) is 23.7. The predicted octanol–water partition coefficient (Wildman–Crippen LogP) is 4.61. The van der Waals surface area contributed by atoms with Crippen LogP contribution in [0.5, 0.6) is 17.2 Å². The molecule has 1 aromatic heterocycles. The van der Waals surface area contributed by atoms with Crippen LogP contribution in [-0.4, -0.2) is 37.4 Å². The van der Waals surface area contributed by atoms with E-state index < -0.39 is 0 Å². The Labute approximate surface area is 194 Å². The number of amides is 1. The van der Waals surface area contributed by atoms with E-state index in [1.807, 2.05) is 18.2 Å². The Morgan fingerprint density at radius 3 is 2.33 bits per heavy atom. The van der Waals surface area contributed by atoms with Gasteiger partial charge in [-0.2, -0.15) is 5.10 Å². The number of nitrogens with one attached hydrogen (secondary N) is 1. The fourth-order valence-electron chi connectivity index (χ4n) is 2.98. The van der Waals surface area contributed by atoms with E-state index in [1.165, 1.54) is 11.8 Å². The normalized spacial score (nSPS) is 11.3. The molecule has 3 aromatic rings. The van der Waals surface area contributed by atoms with Gasteiger partial charge in [0, 0.05) is 18.0 Å². The number of rotatable bonds is 9. The van der Waals surface area contributed by atoms with Crippen LogP contribution >= 0.6 is 0 Å². The molecule has 0 saturated carbocycles. The maximum atomic E-state index is 12.0. The maximum Gasteiger partial charge on any atom is 0.271 e. The highest BCUT2D eigenvalue weighted by atomic mass is 16.5. The van der Waals surface area contributed by atoms with Crippen molar-refractivity contribution in [1.82, 2.24) is 10.4 Å². The lowest BCUT2D eigenvalue weighted by molar-refractivity contribution is 0.0955. The van der Waals surface area contributed by atoms with Crippen LogP contribution in [0.3, 0.4) is 0 Å². The number of pyridine rings is 1. The summed E-state index contributed by atoms with van der Waals surface area (Å²) in [5.41, 5.74) is 5.09. The fourth-order valence-corrected chi connectivity index (χ4v) is 2.98. The second kappa shape index (κ2) is 11.1. The SMILES string of the molecule is COc1cc(C=NNC(=O)c2ccncc2)ccc1OCCOc1ccc(C(C)(C)C)cc1. The van der Waals surface area contributed by atoms with Gasteiger partial charge in [-0.25, -0.2) is 5.43 Å². The molecule has 7 nitrogen and oxygen atoms in total. The monoisotopic (exact) mass is 447 g/mol. The molecule has 3 rings (SSSR count). The van der Waals surface area contributed by atoms with Crippen LogP contribution in [0.1, 0.15) is 42.3 Å². The minimum atomic E-state index is -0.311. The lowest BCUT2D eigenvalue weighted by Crippen LogP contribution is -2.17. The molecule has 0 atom stereocenters. The van der Waals surface area contributed by atoms with E-state index >= 15 is 0 Å². The highest BCUT2D eigenvalue weighted by Crippen LogP contribution is 2.28. The minimum absolute atomic E-state index is 0.111. The van der Waals surface area contributed by atoms with E-state index in [4.69, 9.17) is 14.2 Å². The number of aromatic nitrogens is 1. The van der Waals surface area contributed by atoms with Crippen molar-refractivity contribution < 1.29 is 19.0 Å². The molecular weight excluding hydrogens is 418 g/mol. The minimum Gasteiger partial charge on any atom is -0.493 e. The predicted molar refractivity (Wildman–Crippen MR) is 128 cm³/mol. The average molecular weight is 448 g/mol. The maximum absolute atomic E-state index is 12.0. The van der Waals surface area contributed by atoms with Gasteiger partial charge in [0.2, 0.25) is 0 Å². The highest BCUT2D eigenvalue weighted by Gasteiger charge is 2.13. The summed E-state index contributed by atoms with van der Waals surface area (Å²) < 4.78 is 17.0. The molecule has 7 heteroatoms. The molecule has 0 radical (unpaired) electrons. The van der Waals surface area contributed by atoms with Gasteiger partial charge >= 0.3 is 0 Å². The van der Waals surface area contributed by atoms with Gasteiger partial charge in [-0.05, 0) is 59.0 Å². The number of hydrogen-bond donors (Lipinski definition) is 1. The molecule has 1 amide bonds. The summed E-state index contributed by atoms with van der Waals surface area (Å²) in [6.45, 7) is 7.31.